The van der Waals surface area contributed by atoms with Crippen molar-refractivity contribution in [3.8, 4) is 18.1 Å². The minimum Gasteiger partial charge on any atom is -0.494 e. The van der Waals surface area contributed by atoms with Crippen LogP contribution in [0.3, 0.4) is 0 Å². The first-order chi connectivity index (χ1) is 7.72. The van der Waals surface area contributed by atoms with Crippen LogP contribution in [0.15, 0.2) is 24.3 Å². The van der Waals surface area contributed by atoms with Crippen LogP contribution in [0.1, 0.15) is 25.3 Å². The van der Waals surface area contributed by atoms with E-state index in [1.54, 1.807) is 0 Å². The number of hydrogen-bond acceptors (Lipinski definition) is 2. The molecule has 0 radical (unpaired) electrons. The van der Waals surface area contributed by atoms with E-state index in [2.05, 4.69) is 12.0 Å². The average Bonchev–Trinajstić information content (AvgIpc) is 2.24. The van der Waals surface area contributed by atoms with Crippen LogP contribution < -0.4 is 10.5 Å². The van der Waals surface area contributed by atoms with E-state index in [1.807, 2.05) is 25.1 Å². The molecule has 0 heterocycles. The summed E-state index contributed by atoms with van der Waals surface area (Å²) in [6.07, 6.45) is 7.70. The molecule has 0 aliphatic carbocycles. The molecular weight excluding hydrogens is 198 g/mol. The van der Waals surface area contributed by atoms with Crippen molar-refractivity contribution in [1.82, 2.24) is 0 Å². The molecule has 1 aromatic rings. The highest BCUT2D eigenvalue weighted by atomic mass is 16.5. The average molecular weight is 217 g/mol. The first kappa shape index (κ1) is 12.6. The van der Waals surface area contributed by atoms with Crippen molar-refractivity contribution in [2.45, 2.75) is 32.2 Å². The minimum atomic E-state index is 0.177. The SMILES string of the molecule is C#CCCCOc1cccc(CC(C)N)c1. The third-order valence-electron chi connectivity index (χ3n) is 2.19. The summed E-state index contributed by atoms with van der Waals surface area (Å²) >= 11 is 0. The number of benzene rings is 1. The molecule has 0 fully saturated rings. The molecular formula is C14H19NO. The Labute approximate surface area is 97.8 Å². The predicted molar refractivity (Wildman–Crippen MR) is 67.4 cm³/mol. The highest BCUT2D eigenvalue weighted by Gasteiger charge is 2.00. The number of ether oxygens (including phenoxy) is 1. The Morgan fingerprint density at radius 2 is 2.31 bits per heavy atom. The molecule has 1 rings (SSSR count). The molecule has 0 saturated carbocycles. The van der Waals surface area contributed by atoms with Crippen molar-refractivity contribution >= 4 is 0 Å². The number of unbranched alkanes of at least 4 members (excludes halogenated alkanes) is 1. The van der Waals surface area contributed by atoms with Gasteiger partial charge in [-0.1, -0.05) is 12.1 Å². The second kappa shape index (κ2) is 6.92. The molecule has 1 unspecified atom stereocenters. The van der Waals surface area contributed by atoms with Crippen molar-refractivity contribution in [3.05, 3.63) is 29.8 Å². The van der Waals surface area contributed by atoms with Crippen molar-refractivity contribution in [2.24, 2.45) is 5.73 Å². The monoisotopic (exact) mass is 217 g/mol. The second-order valence-electron chi connectivity index (χ2n) is 3.98. The Hall–Kier alpha value is -1.46. The molecule has 86 valence electrons. The maximum absolute atomic E-state index is 5.75. The van der Waals surface area contributed by atoms with Gasteiger partial charge in [0.25, 0.3) is 0 Å². The quantitative estimate of drug-likeness (QED) is 0.586. The van der Waals surface area contributed by atoms with Gasteiger partial charge in [0, 0.05) is 12.5 Å². The summed E-state index contributed by atoms with van der Waals surface area (Å²) in [6.45, 7) is 2.67. The number of nitrogens with two attached hydrogens (primary N) is 1. The summed E-state index contributed by atoms with van der Waals surface area (Å²) in [6, 6.07) is 8.24. The van der Waals surface area contributed by atoms with Crippen LogP contribution in [-0.2, 0) is 6.42 Å². The molecule has 1 atom stereocenters. The highest BCUT2D eigenvalue weighted by molar-refractivity contribution is 5.28. The van der Waals surface area contributed by atoms with Gasteiger partial charge in [-0.25, -0.2) is 0 Å². The van der Waals surface area contributed by atoms with Gasteiger partial charge in [0.2, 0.25) is 0 Å². The van der Waals surface area contributed by atoms with Crippen molar-refractivity contribution in [2.75, 3.05) is 6.61 Å². The molecule has 0 aliphatic rings. The molecule has 0 spiro atoms. The number of hydrogen-bond donors (Lipinski definition) is 1. The summed E-state index contributed by atoms with van der Waals surface area (Å²) in [5, 5.41) is 0. The summed E-state index contributed by atoms with van der Waals surface area (Å²) in [5.41, 5.74) is 6.96. The second-order valence-corrected chi connectivity index (χ2v) is 3.98. The lowest BCUT2D eigenvalue weighted by atomic mass is 10.1. The Morgan fingerprint density at radius 3 is 3.00 bits per heavy atom. The lowest BCUT2D eigenvalue weighted by Gasteiger charge is -2.08. The van der Waals surface area contributed by atoms with Gasteiger partial charge < -0.3 is 10.5 Å². The Kier molecular flexibility index (Phi) is 5.45. The summed E-state index contributed by atoms with van der Waals surface area (Å²) in [4.78, 5) is 0. The summed E-state index contributed by atoms with van der Waals surface area (Å²) in [7, 11) is 0. The van der Waals surface area contributed by atoms with Crippen LogP contribution in [0.2, 0.25) is 0 Å². The fraction of sp³-hybridized carbons (Fsp3) is 0.429. The molecule has 0 aliphatic heterocycles. The minimum absolute atomic E-state index is 0.177. The van der Waals surface area contributed by atoms with Gasteiger partial charge in [0.1, 0.15) is 5.75 Å². The van der Waals surface area contributed by atoms with Crippen molar-refractivity contribution in [1.29, 1.82) is 0 Å². The third kappa shape index (κ3) is 4.86. The molecule has 2 nitrogen and oxygen atoms in total. The van der Waals surface area contributed by atoms with E-state index in [0.717, 1.165) is 25.0 Å². The maximum Gasteiger partial charge on any atom is 0.119 e. The molecule has 1 aromatic carbocycles. The zero-order valence-electron chi connectivity index (χ0n) is 9.78. The molecule has 0 aromatic heterocycles. The lowest BCUT2D eigenvalue weighted by molar-refractivity contribution is 0.312. The molecule has 2 heteroatoms. The first-order valence-corrected chi connectivity index (χ1v) is 5.63. The molecule has 2 N–H and O–H groups in total. The van der Waals surface area contributed by atoms with Crippen LogP contribution in [0, 0.1) is 12.3 Å². The molecule has 0 bridgehead atoms. The van der Waals surface area contributed by atoms with E-state index in [1.165, 1.54) is 5.56 Å². The van der Waals surface area contributed by atoms with E-state index < -0.39 is 0 Å². The van der Waals surface area contributed by atoms with Gasteiger partial charge in [-0.15, -0.1) is 12.3 Å². The van der Waals surface area contributed by atoms with E-state index in [0.29, 0.717) is 6.61 Å². The van der Waals surface area contributed by atoms with E-state index in [4.69, 9.17) is 16.9 Å². The predicted octanol–water partition coefficient (Wildman–Crippen LogP) is 2.37. The lowest BCUT2D eigenvalue weighted by Crippen LogP contribution is -2.17. The fourth-order valence-electron chi connectivity index (χ4n) is 1.50. The van der Waals surface area contributed by atoms with Gasteiger partial charge in [-0.05, 0) is 37.5 Å². The van der Waals surface area contributed by atoms with Gasteiger partial charge >= 0.3 is 0 Å². The smallest absolute Gasteiger partial charge is 0.119 e. The van der Waals surface area contributed by atoms with Crippen LogP contribution in [-0.4, -0.2) is 12.6 Å². The largest absolute Gasteiger partial charge is 0.494 e. The number of terminal acetylenes is 1. The summed E-state index contributed by atoms with van der Waals surface area (Å²) in [5.74, 6) is 3.49. The zero-order valence-corrected chi connectivity index (χ0v) is 9.78. The maximum atomic E-state index is 5.75. The summed E-state index contributed by atoms with van der Waals surface area (Å²) < 4.78 is 5.59. The molecule has 16 heavy (non-hydrogen) atoms. The van der Waals surface area contributed by atoms with Crippen molar-refractivity contribution in [3.63, 3.8) is 0 Å². The van der Waals surface area contributed by atoms with Gasteiger partial charge in [0.05, 0.1) is 6.61 Å². The Balaban J connectivity index is 2.44. The standard InChI is InChI=1S/C14H19NO/c1-3-4-5-9-16-14-8-6-7-13(11-14)10-12(2)15/h1,6-8,11-12H,4-5,9-10,15H2,2H3. The van der Waals surface area contributed by atoms with E-state index in [-0.39, 0.29) is 6.04 Å². The van der Waals surface area contributed by atoms with Gasteiger partial charge in [-0.3, -0.25) is 0 Å². The van der Waals surface area contributed by atoms with E-state index >= 15 is 0 Å². The van der Waals surface area contributed by atoms with Gasteiger partial charge in [0.15, 0.2) is 0 Å². The van der Waals surface area contributed by atoms with Crippen LogP contribution >= 0.6 is 0 Å². The first-order valence-electron chi connectivity index (χ1n) is 5.63. The zero-order chi connectivity index (χ0) is 11.8. The van der Waals surface area contributed by atoms with Gasteiger partial charge in [-0.2, -0.15) is 0 Å². The Bertz CT molecular complexity index is 352. The molecule has 0 amide bonds. The van der Waals surface area contributed by atoms with Crippen LogP contribution in [0.5, 0.6) is 5.75 Å². The van der Waals surface area contributed by atoms with Crippen molar-refractivity contribution < 1.29 is 4.74 Å². The Morgan fingerprint density at radius 1 is 1.50 bits per heavy atom. The normalized spacial score (nSPS) is 11.8. The molecule has 0 saturated heterocycles. The van der Waals surface area contributed by atoms with Crippen LogP contribution in [0.4, 0.5) is 0 Å². The van der Waals surface area contributed by atoms with E-state index in [9.17, 15) is 0 Å². The van der Waals surface area contributed by atoms with Crippen LogP contribution in [0.25, 0.3) is 0 Å². The fourth-order valence-corrected chi connectivity index (χ4v) is 1.50. The highest BCUT2D eigenvalue weighted by Crippen LogP contribution is 2.14. The topological polar surface area (TPSA) is 35.2 Å². The number of rotatable bonds is 6. The third-order valence-corrected chi connectivity index (χ3v) is 2.19.